The Morgan fingerprint density at radius 1 is 1.21 bits per heavy atom. The monoisotopic (exact) mass is 332 g/mol. The van der Waals surface area contributed by atoms with Gasteiger partial charge in [0.25, 0.3) is 11.6 Å². The van der Waals surface area contributed by atoms with Gasteiger partial charge in [-0.2, -0.15) is 0 Å². The quantitative estimate of drug-likeness (QED) is 0.650. The minimum Gasteiger partial charge on any atom is -0.366 e. The second kappa shape index (κ2) is 7.17. The first kappa shape index (κ1) is 16.7. The molecular weight excluding hydrogens is 308 g/mol. The molecule has 1 aliphatic heterocycles. The third kappa shape index (κ3) is 3.67. The third-order valence-corrected chi connectivity index (χ3v) is 4.99. The molecule has 0 aromatic heterocycles. The zero-order chi connectivity index (χ0) is 17.1. The molecule has 3 rings (SSSR count). The number of carbonyl (C=O) groups is 1. The van der Waals surface area contributed by atoms with Gasteiger partial charge in [0.1, 0.15) is 5.69 Å². The smallest absolute Gasteiger partial charge is 0.293 e. The van der Waals surface area contributed by atoms with E-state index in [0.29, 0.717) is 11.3 Å². The van der Waals surface area contributed by atoms with Gasteiger partial charge in [-0.15, -0.1) is 0 Å². The molecule has 1 saturated heterocycles. The molecule has 0 unspecified atom stereocenters. The first-order valence-electron chi connectivity index (χ1n) is 8.64. The van der Waals surface area contributed by atoms with Crippen molar-refractivity contribution in [3.05, 3.63) is 33.9 Å². The highest BCUT2D eigenvalue weighted by molar-refractivity contribution is 5.96. The average molecular weight is 332 g/mol. The molecule has 2 fully saturated rings. The maximum Gasteiger partial charge on any atom is 0.293 e. The zero-order valence-electron chi connectivity index (χ0n) is 13.7. The zero-order valence-corrected chi connectivity index (χ0v) is 13.7. The summed E-state index contributed by atoms with van der Waals surface area (Å²) >= 11 is 0. The fourth-order valence-electron chi connectivity index (χ4n) is 3.57. The number of anilines is 1. The topological polar surface area (TPSA) is 102 Å². The normalized spacial score (nSPS) is 24.0. The number of nitrogens with one attached hydrogen (secondary N) is 1. The molecule has 1 aromatic rings. The molecule has 1 aliphatic carbocycles. The number of hydrogen-bond acceptors (Lipinski definition) is 5. The summed E-state index contributed by atoms with van der Waals surface area (Å²) in [4.78, 5) is 25.5. The van der Waals surface area contributed by atoms with E-state index < -0.39 is 4.92 Å². The number of amides is 1. The van der Waals surface area contributed by atoms with Gasteiger partial charge in [0, 0.05) is 36.8 Å². The van der Waals surface area contributed by atoms with Crippen LogP contribution in [-0.2, 0) is 0 Å². The molecule has 1 amide bonds. The van der Waals surface area contributed by atoms with E-state index in [2.05, 4.69) is 5.32 Å². The van der Waals surface area contributed by atoms with Crippen LogP contribution in [0.1, 0.15) is 48.9 Å². The van der Waals surface area contributed by atoms with Gasteiger partial charge in [0.05, 0.1) is 4.92 Å². The van der Waals surface area contributed by atoms with Crippen molar-refractivity contribution in [2.75, 3.05) is 18.0 Å². The Bertz CT molecular complexity index is 620. The predicted octanol–water partition coefficient (Wildman–Crippen LogP) is 2.19. The summed E-state index contributed by atoms with van der Waals surface area (Å²) in [5.41, 5.74) is 6.84. The maximum absolute atomic E-state index is 12.4. The minimum absolute atomic E-state index is 0.00946. The van der Waals surface area contributed by atoms with Crippen molar-refractivity contribution in [1.29, 1.82) is 0 Å². The van der Waals surface area contributed by atoms with Crippen molar-refractivity contribution in [2.45, 2.75) is 50.6 Å². The lowest BCUT2D eigenvalue weighted by Crippen LogP contribution is -2.40. The molecule has 0 radical (unpaired) electrons. The third-order valence-electron chi connectivity index (χ3n) is 4.99. The summed E-state index contributed by atoms with van der Waals surface area (Å²) in [6.07, 6.45) is 5.62. The van der Waals surface area contributed by atoms with Crippen LogP contribution >= 0.6 is 0 Å². The summed E-state index contributed by atoms with van der Waals surface area (Å²) in [6.45, 7) is 1.66. The number of rotatable bonds is 4. The van der Waals surface area contributed by atoms with Crippen LogP contribution in [0.3, 0.4) is 0 Å². The second-order valence-corrected chi connectivity index (χ2v) is 6.74. The van der Waals surface area contributed by atoms with Crippen molar-refractivity contribution < 1.29 is 9.72 Å². The van der Waals surface area contributed by atoms with E-state index >= 15 is 0 Å². The van der Waals surface area contributed by atoms with Gasteiger partial charge in [-0.05, 0) is 50.7 Å². The van der Waals surface area contributed by atoms with E-state index in [4.69, 9.17) is 5.73 Å². The molecule has 0 spiro atoms. The Hall–Kier alpha value is -2.15. The van der Waals surface area contributed by atoms with Crippen molar-refractivity contribution >= 4 is 17.3 Å². The first-order valence-corrected chi connectivity index (χ1v) is 8.64. The van der Waals surface area contributed by atoms with Crippen molar-refractivity contribution in [2.24, 2.45) is 5.73 Å². The summed E-state index contributed by atoms with van der Waals surface area (Å²) < 4.78 is 0. The first-order chi connectivity index (χ1) is 11.5. The van der Waals surface area contributed by atoms with Crippen molar-refractivity contribution in [3.8, 4) is 0 Å². The van der Waals surface area contributed by atoms with Crippen LogP contribution in [0.5, 0.6) is 0 Å². The molecule has 3 N–H and O–H groups in total. The molecule has 7 nitrogen and oxygen atoms in total. The summed E-state index contributed by atoms with van der Waals surface area (Å²) in [5, 5.41) is 14.4. The Morgan fingerprint density at radius 2 is 1.88 bits per heavy atom. The van der Waals surface area contributed by atoms with E-state index in [0.717, 1.165) is 51.6 Å². The van der Waals surface area contributed by atoms with E-state index in [-0.39, 0.29) is 23.7 Å². The number of nitro groups is 1. The molecule has 0 bridgehead atoms. The maximum atomic E-state index is 12.4. The highest BCUT2D eigenvalue weighted by Crippen LogP contribution is 2.31. The van der Waals surface area contributed by atoms with Crippen molar-refractivity contribution in [1.82, 2.24) is 5.32 Å². The molecular formula is C17H24N4O3. The molecule has 0 atom stereocenters. The molecule has 1 saturated carbocycles. The Balaban J connectivity index is 1.74. The van der Waals surface area contributed by atoms with Crippen molar-refractivity contribution in [3.63, 3.8) is 0 Å². The van der Waals surface area contributed by atoms with Gasteiger partial charge in [0.2, 0.25) is 0 Å². The van der Waals surface area contributed by atoms with Gasteiger partial charge in [-0.25, -0.2) is 0 Å². The van der Waals surface area contributed by atoms with Crippen LogP contribution in [0, 0.1) is 10.1 Å². The molecule has 24 heavy (non-hydrogen) atoms. The number of carbonyl (C=O) groups excluding carboxylic acids is 1. The number of nitrogens with two attached hydrogens (primary N) is 1. The minimum atomic E-state index is -0.399. The lowest BCUT2D eigenvalue weighted by atomic mass is 9.91. The van der Waals surface area contributed by atoms with Crippen LogP contribution in [0.2, 0.25) is 0 Å². The average Bonchev–Trinajstić information content (AvgIpc) is 3.10. The molecule has 1 aromatic carbocycles. The number of benzene rings is 1. The Morgan fingerprint density at radius 3 is 2.50 bits per heavy atom. The van der Waals surface area contributed by atoms with Gasteiger partial charge < -0.3 is 16.0 Å². The van der Waals surface area contributed by atoms with Crippen LogP contribution in [0.15, 0.2) is 18.2 Å². The standard InChI is InChI=1S/C17H24N4O3/c18-13-4-6-14(7-5-13)19-17(22)12-3-8-15(16(11-12)21(23)24)20-9-1-2-10-20/h3,8,11,13-14H,1-2,4-7,9-10,18H2,(H,19,22). The highest BCUT2D eigenvalue weighted by Gasteiger charge is 2.25. The summed E-state index contributed by atoms with van der Waals surface area (Å²) in [5.74, 6) is -0.244. The Kier molecular flexibility index (Phi) is 4.99. The molecule has 2 aliphatic rings. The van der Waals surface area contributed by atoms with Gasteiger partial charge >= 0.3 is 0 Å². The molecule has 1 heterocycles. The summed E-state index contributed by atoms with van der Waals surface area (Å²) in [6, 6.07) is 5.12. The van der Waals surface area contributed by atoms with Gasteiger partial charge in [-0.3, -0.25) is 14.9 Å². The number of hydrogen-bond donors (Lipinski definition) is 2. The van der Waals surface area contributed by atoms with Gasteiger partial charge in [0.15, 0.2) is 0 Å². The second-order valence-electron chi connectivity index (χ2n) is 6.74. The van der Waals surface area contributed by atoms with E-state index in [1.807, 2.05) is 4.90 Å². The predicted molar refractivity (Wildman–Crippen MR) is 92.2 cm³/mol. The SMILES string of the molecule is NC1CCC(NC(=O)c2ccc(N3CCCC3)c([N+](=O)[O-])c2)CC1. The Labute approximate surface area is 141 Å². The summed E-state index contributed by atoms with van der Waals surface area (Å²) in [7, 11) is 0. The van der Waals surface area contributed by atoms with E-state index in [9.17, 15) is 14.9 Å². The van der Waals surface area contributed by atoms with Crippen LogP contribution in [-0.4, -0.2) is 36.0 Å². The fraction of sp³-hybridized carbons (Fsp3) is 0.588. The molecule has 130 valence electrons. The molecule has 7 heteroatoms. The van der Waals surface area contributed by atoms with Crippen LogP contribution in [0.25, 0.3) is 0 Å². The van der Waals surface area contributed by atoms with Gasteiger partial charge in [-0.1, -0.05) is 0 Å². The highest BCUT2D eigenvalue weighted by atomic mass is 16.6. The lowest BCUT2D eigenvalue weighted by molar-refractivity contribution is -0.384. The van der Waals surface area contributed by atoms with Crippen LogP contribution in [0.4, 0.5) is 11.4 Å². The lowest BCUT2D eigenvalue weighted by Gasteiger charge is -2.26. The van der Waals surface area contributed by atoms with E-state index in [1.54, 1.807) is 12.1 Å². The van der Waals surface area contributed by atoms with E-state index in [1.165, 1.54) is 6.07 Å². The number of nitro benzene ring substituents is 1. The largest absolute Gasteiger partial charge is 0.366 e. The number of nitrogens with zero attached hydrogens (tertiary/aromatic N) is 2. The van der Waals surface area contributed by atoms with Crippen LogP contribution < -0.4 is 16.0 Å². The fourth-order valence-corrected chi connectivity index (χ4v) is 3.57.